The van der Waals surface area contributed by atoms with E-state index >= 15 is 0 Å². The summed E-state index contributed by atoms with van der Waals surface area (Å²) in [5.74, 6) is 0.730. The third-order valence-corrected chi connectivity index (χ3v) is 3.49. The Hall–Kier alpha value is -0.550. The fourth-order valence-corrected chi connectivity index (χ4v) is 2.80. The Labute approximate surface area is 74.0 Å². The van der Waals surface area contributed by atoms with E-state index in [1.54, 1.807) is 0 Å². The van der Waals surface area contributed by atoms with Gasteiger partial charge in [-0.1, -0.05) is 0 Å². The molecule has 0 radical (unpaired) electrons. The van der Waals surface area contributed by atoms with Crippen molar-refractivity contribution < 1.29 is 0 Å². The molecule has 1 spiro atoms. The molecule has 1 N–H and O–H groups in total. The van der Waals surface area contributed by atoms with E-state index in [4.69, 9.17) is 5.26 Å². The molecule has 0 aromatic carbocycles. The predicted molar refractivity (Wildman–Crippen MR) is 47.5 cm³/mol. The molecule has 12 heavy (non-hydrogen) atoms. The molecule has 2 rings (SSSR count). The summed E-state index contributed by atoms with van der Waals surface area (Å²) in [5.41, 5.74) is 0.659. The van der Waals surface area contributed by atoms with Gasteiger partial charge in [0.1, 0.15) is 0 Å². The topological polar surface area (TPSA) is 35.8 Å². The highest BCUT2D eigenvalue weighted by Crippen LogP contribution is 2.52. The molecule has 1 saturated carbocycles. The molecular formula is C10H16N2. The Bertz CT molecular complexity index is 190. The van der Waals surface area contributed by atoms with Gasteiger partial charge in [0.15, 0.2) is 0 Å². The van der Waals surface area contributed by atoms with Crippen molar-refractivity contribution in [2.24, 2.45) is 11.3 Å². The summed E-state index contributed by atoms with van der Waals surface area (Å²) in [4.78, 5) is 0. The van der Waals surface area contributed by atoms with Crippen LogP contribution in [0.2, 0.25) is 0 Å². The Morgan fingerprint density at radius 2 is 2.00 bits per heavy atom. The average molecular weight is 164 g/mol. The fourth-order valence-electron chi connectivity index (χ4n) is 2.80. The van der Waals surface area contributed by atoms with Crippen molar-refractivity contribution in [3.8, 4) is 6.07 Å². The molecule has 0 atom stereocenters. The Balaban J connectivity index is 1.81. The van der Waals surface area contributed by atoms with Crippen molar-refractivity contribution in [2.75, 3.05) is 13.1 Å². The van der Waals surface area contributed by atoms with Crippen molar-refractivity contribution in [1.82, 2.24) is 5.32 Å². The van der Waals surface area contributed by atoms with Crippen LogP contribution in [-0.4, -0.2) is 13.1 Å². The minimum atomic E-state index is 0.659. The highest BCUT2D eigenvalue weighted by molar-refractivity contribution is 4.98. The minimum absolute atomic E-state index is 0.659. The van der Waals surface area contributed by atoms with Crippen LogP contribution < -0.4 is 5.32 Å². The van der Waals surface area contributed by atoms with Gasteiger partial charge in [-0.2, -0.15) is 5.26 Å². The molecule has 0 aromatic heterocycles. The van der Waals surface area contributed by atoms with Gasteiger partial charge in [0, 0.05) is 6.42 Å². The molecule has 1 aliphatic carbocycles. The van der Waals surface area contributed by atoms with E-state index in [1.807, 2.05) is 0 Å². The van der Waals surface area contributed by atoms with Gasteiger partial charge >= 0.3 is 0 Å². The maximum absolute atomic E-state index is 8.53. The standard InChI is InChI=1S/C10H16N2/c11-4-1-9-7-10(8-9)2-5-12-6-3-10/h9,12H,1-3,5-8H2. The zero-order chi connectivity index (χ0) is 8.44. The zero-order valence-electron chi connectivity index (χ0n) is 7.47. The fraction of sp³-hybridized carbons (Fsp3) is 0.900. The van der Waals surface area contributed by atoms with Gasteiger partial charge in [0.05, 0.1) is 6.07 Å². The molecule has 0 aromatic rings. The van der Waals surface area contributed by atoms with Crippen LogP contribution in [-0.2, 0) is 0 Å². The second-order valence-corrected chi connectivity index (χ2v) is 4.39. The van der Waals surface area contributed by atoms with E-state index in [1.165, 1.54) is 38.8 Å². The summed E-state index contributed by atoms with van der Waals surface area (Å²) < 4.78 is 0. The minimum Gasteiger partial charge on any atom is -0.317 e. The summed E-state index contributed by atoms with van der Waals surface area (Å²) in [6.07, 6.45) is 6.11. The monoisotopic (exact) mass is 164 g/mol. The first kappa shape index (κ1) is 8.07. The predicted octanol–water partition coefficient (Wildman–Crippen LogP) is 1.68. The number of nitrogens with zero attached hydrogens (tertiary/aromatic N) is 1. The lowest BCUT2D eigenvalue weighted by atomic mass is 9.57. The van der Waals surface area contributed by atoms with Crippen molar-refractivity contribution in [1.29, 1.82) is 5.26 Å². The van der Waals surface area contributed by atoms with E-state index in [0.29, 0.717) is 5.41 Å². The Morgan fingerprint density at radius 3 is 2.58 bits per heavy atom. The lowest BCUT2D eigenvalue weighted by Crippen LogP contribution is -2.45. The van der Waals surface area contributed by atoms with Gasteiger partial charge in [-0.15, -0.1) is 0 Å². The van der Waals surface area contributed by atoms with Crippen molar-refractivity contribution in [3.05, 3.63) is 0 Å². The van der Waals surface area contributed by atoms with Crippen LogP contribution in [0.4, 0.5) is 0 Å². The van der Waals surface area contributed by atoms with Crippen LogP contribution in [0.1, 0.15) is 32.1 Å². The summed E-state index contributed by atoms with van der Waals surface area (Å²) >= 11 is 0. The first-order chi connectivity index (χ1) is 5.85. The maximum Gasteiger partial charge on any atom is 0.0624 e. The third-order valence-electron chi connectivity index (χ3n) is 3.49. The van der Waals surface area contributed by atoms with E-state index in [0.717, 1.165) is 12.3 Å². The third kappa shape index (κ3) is 1.34. The summed E-state index contributed by atoms with van der Waals surface area (Å²) in [7, 11) is 0. The van der Waals surface area contributed by atoms with Gasteiger partial charge in [0.25, 0.3) is 0 Å². The molecule has 2 heteroatoms. The lowest BCUT2D eigenvalue weighted by Gasteiger charge is -2.50. The maximum atomic E-state index is 8.53. The highest BCUT2D eigenvalue weighted by atomic mass is 14.9. The van der Waals surface area contributed by atoms with Crippen molar-refractivity contribution in [2.45, 2.75) is 32.1 Å². The van der Waals surface area contributed by atoms with Gasteiger partial charge in [-0.3, -0.25) is 0 Å². The van der Waals surface area contributed by atoms with Gasteiger partial charge in [-0.05, 0) is 50.1 Å². The number of nitriles is 1. The van der Waals surface area contributed by atoms with E-state index in [-0.39, 0.29) is 0 Å². The van der Waals surface area contributed by atoms with Crippen LogP contribution in [0.5, 0.6) is 0 Å². The Morgan fingerprint density at radius 1 is 1.33 bits per heavy atom. The second kappa shape index (κ2) is 3.06. The molecule has 1 heterocycles. The number of hydrogen-bond donors (Lipinski definition) is 1. The Kier molecular flexibility index (Phi) is 2.06. The van der Waals surface area contributed by atoms with Crippen molar-refractivity contribution >= 4 is 0 Å². The molecule has 0 bridgehead atoms. The molecule has 1 aliphatic heterocycles. The molecule has 2 aliphatic rings. The molecule has 2 nitrogen and oxygen atoms in total. The summed E-state index contributed by atoms with van der Waals surface area (Å²) in [6.45, 7) is 2.39. The lowest BCUT2D eigenvalue weighted by molar-refractivity contribution is 0.0243. The smallest absolute Gasteiger partial charge is 0.0624 e. The number of piperidine rings is 1. The second-order valence-electron chi connectivity index (χ2n) is 4.39. The molecular weight excluding hydrogens is 148 g/mol. The van der Waals surface area contributed by atoms with Crippen LogP contribution in [0, 0.1) is 22.7 Å². The molecule has 0 unspecified atom stereocenters. The van der Waals surface area contributed by atoms with E-state index in [9.17, 15) is 0 Å². The largest absolute Gasteiger partial charge is 0.317 e. The molecule has 0 amide bonds. The average Bonchev–Trinajstić information content (AvgIpc) is 2.04. The SMILES string of the molecule is N#CCC1CC2(CCNCC2)C1. The zero-order valence-corrected chi connectivity index (χ0v) is 7.47. The molecule has 2 fully saturated rings. The van der Waals surface area contributed by atoms with Gasteiger partial charge in [0.2, 0.25) is 0 Å². The molecule has 66 valence electrons. The first-order valence-corrected chi connectivity index (χ1v) is 4.92. The normalized spacial score (nSPS) is 27.9. The quantitative estimate of drug-likeness (QED) is 0.640. The van der Waals surface area contributed by atoms with E-state index in [2.05, 4.69) is 11.4 Å². The van der Waals surface area contributed by atoms with Crippen LogP contribution >= 0.6 is 0 Å². The van der Waals surface area contributed by atoms with Crippen molar-refractivity contribution in [3.63, 3.8) is 0 Å². The first-order valence-electron chi connectivity index (χ1n) is 4.92. The van der Waals surface area contributed by atoms with Crippen LogP contribution in [0.15, 0.2) is 0 Å². The van der Waals surface area contributed by atoms with E-state index < -0.39 is 0 Å². The van der Waals surface area contributed by atoms with Gasteiger partial charge < -0.3 is 5.32 Å². The summed E-state index contributed by atoms with van der Waals surface area (Å²) in [5, 5.41) is 11.9. The number of hydrogen-bond acceptors (Lipinski definition) is 2. The van der Waals surface area contributed by atoms with Crippen LogP contribution in [0.3, 0.4) is 0 Å². The summed E-state index contributed by atoms with van der Waals surface area (Å²) in [6, 6.07) is 2.28. The number of rotatable bonds is 1. The number of nitrogens with one attached hydrogen (secondary N) is 1. The van der Waals surface area contributed by atoms with Gasteiger partial charge in [-0.25, -0.2) is 0 Å². The molecule has 1 saturated heterocycles. The van der Waals surface area contributed by atoms with Crippen LogP contribution in [0.25, 0.3) is 0 Å². The highest BCUT2D eigenvalue weighted by Gasteiger charge is 2.43.